The topological polar surface area (TPSA) is 51.4 Å². The summed E-state index contributed by atoms with van der Waals surface area (Å²) >= 11 is 0. The van der Waals surface area contributed by atoms with Crippen molar-refractivity contribution < 1.29 is 9.13 Å². The van der Waals surface area contributed by atoms with E-state index in [9.17, 15) is 4.39 Å². The second-order valence-corrected chi connectivity index (χ2v) is 10.0. The van der Waals surface area contributed by atoms with Crippen molar-refractivity contribution in [3.05, 3.63) is 46.9 Å². The van der Waals surface area contributed by atoms with Crippen LogP contribution in [0.5, 0.6) is 0 Å². The lowest BCUT2D eigenvalue weighted by Crippen LogP contribution is -2.30. The molecule has 1 unspecified atom stereocenters. The third-order valence-corrected chi connectivity index (χ3v) is 7.47. The molecule has 1 aromatic carbocycles. The van der Waals surface area contributed by atoms with E-state index in [1.807, 2.05) is 19.3 Å². The van der Waals surface area contributed by atoms with E-state index in [0.29, 0.717) is 11.6 Å². The molecule has 1 saturated heterocycles. The maximum Gasteiger partial charge on any atom is 0.159 e. The third kappa shape index (κ3) is 4.49. The normalized spacial score (nSPS) is 18.0. The zero-order valence-corrected chi connectivity index (χ0v) is 21.6. The van der Waals surface area contributed by atoms with Crippen molar-refractivity contribution in [1.82, 2.24) is 24.5 Å². The number of fused-ring (bicyclic) bond motifs is 1. The summed E-state index contributed by atoms with van der Waals surface area (Å²) in [5.74, 6) is 1.01. The number of nitrogens with zero attached hydrogens (tertiary/aromatic N) is 6. The maximum atomic E-state index is 15.0. The van der Waals surface area contributed by atoms with Gasteiger partial charge in [-0.05, 0) is 69.5 Å². The summed E-state index contributed by atoms with van der Waals surface area (Å²) in [7, 11) is 4.06. The molecule has 0 radical (unpaired) electrons. The van der Waals surface area contributed by atoms with Gasteiger partial charge in [-0.1, -0.05) is 0 Å². The molecule has 0 N–H and O–H groups in total. The van der Waals surface area contributed by atoms with Gasteiger partial charge in [0.1, 0.15) is 6.17 Å². The molecule has 5 rings (SSSR count). The largest absolute Gasteiger partial charge is 0.381 e. The lowest BCUT2D eigenvalue weighted by Gasteiger charge is -2.29. The number of anilines is 2. The summed E-state index contributed by atoms with van der Waals surface area (Å²) in [5, 5.41) is 9.55. The highest BCUT2D eigenvalue weighted by molar-refractivity contribution is 5.76. The first-order valence-electron chi connectivity index (χ1n) is 12.8. The van der Waals surface area contributed by atoms with Crippen LogP contribution in [0.25, 0.3) is 11.1 Å². The van der Waals surface area contributed by atoms with Gasteiger partial charge in [-0.3, -0.25) is 9.36 Å². The van der Waals surface area contributed by atoms with Gasteiger partial charge in [0.2, 0.25) is 0 Å². The number of alkyl halides is 1. The molecular weight excluding hydrogens is 443 g/mol. The number of halogens is 1. The van der Waals surface area contributed by atoms with Gasteiger partial charge in [0.15, 0.2) is 5.82 Å². The predicted molar refractivity (Wildman–Crippen MR) is 137 cm³/mol. The van der Waals surface area contributed by atoms with Crippen molar-refractivity contribution in [3.63, 3.8) is 0 Å². The lowest BCUT2D eigenvalue weighted by molar-refractivity contribution is 0.0651. The van der Waals surface area contributed by atoms with Crippen LogP contribution in [0.1, 0.15) is 61.3 Å². The van der Waals surface area contributed by atoms with Gasteiger partial charge >= 0.3 is 0 Å². The zero-order valence-electron chi connectivity index (χ0n) is 21.6. The quantitative estimate of drug-likeness (QED) is 0.490. The smallest absolute Gasteiger partial charge is 0.159 e. The van der Waals surface area contributed by atoms with Crippen LogP contribution in [0.3, 0.4) is 0 Å². The van der Waals surface area contributed by atoms with Gasteiger partial charge in [0.25, 0.3) is 0 Å². The minimum atomic E-state index is -1.09. The molecule has 2 aromatic heterocycles. The number of hydrogen-bond donors (Lipinski definition) is 0. The number of rotatable bonds is 6. The van der Waals surface area contributed by atoms with Crippen LogP contribution in [-0.2, 0) is 24.8 Å². The molecule has 8 heteroatoms. The van der Waals surface area contributed by atoms with Crippen molar-refractivity contribution in [3.8, 4) is 11.1 Å². The minimum Gasteiger partial charge on any atom is -0.381 e. The predicted octanol–water partition coefficient (Wildman–Crippen LogP) is 5.12. The van der Waals surface area contributed by atoms with Crippen molar-refractivity contribution in [2.24, 2.45) is 7.05 Å². The van der Waals surface area contributed by atoms with Crippen molar-refractivity contribution in [2.45, 2.75) is 58.8 Å². The number of aromatic nitrogens is 4. The molecule has 0 saturated carbocycles. The molecule has 2 aliphatic heterocycles. The van der Waals surface area contributed by atoms with Gasteiger partial charge in [0, 0.05) is 75.0 Å². The maximum absolute atomic E-state index is 15.0. The Bertz CT molecular complexity index is 1190. The van der Waals surface area contributed by atoms with Crippen LogP contribution in [0.15, 0.2) is 24.5 Å². The van der Waals surface area contributed by atoms with Gasteiger partial charge in [-0.15, -0.1) is 0 Å². The molecule has 1 atom stereocenters. The van der Waals surface area contributed by atoms with Gasteiger partial charge in [-0.2, -0.15) is 10.2 Å². The minimum absolute atomic E-state index is 0.379. The Morgan fingerprint density at radius 2 is 2.00 bits per heavy atom. The summed E-state index contributed by atoms with van der Waals surface area (Å²) in [5.41, 5.74) is 7.31. The van der Waals surface area contributed by atoms with Crippen LogP contribution in [0.4, 0.5) is 15.9 Å². The Morgan fingerprint density at radius 1 is 1.23 bits per heavy atom. The SMILES string of the molecule is CCN(c1cc(C(C)F)c(-c2cnn(C)c2)cc1C)c1nn(C2CCOCC2)c2c1CN(C)CC2. The summed E-state index contributed by atoms with van der Waals surface area (Å²) in [4.78, 5) is 4.64. The fraction of sp³-hybridized carbons (Fsp3) is 0.556. The Labute approximate surface area is 207 Å². The molecular formula is C27H37FN6O. The highest BCUT2D eigenvalue weighted by Crippen LogP contribution is 2.40. The van der Waals surface area contributed by atoms with Crippen LogP contribution in [0, 0.1) is 6.92 Å². The van der Waals surface area contributed by atoms with E-state index < -0.39 is 6.17 Å². The number of aryl methyl sites for hydroxylation is 2. The number of benzene rings is 1. The molecule has 0 spiro atoms. The molecule has 2 aliphatic rings. The lowest BCUT2D eigenvalue weighted by atomic mass is 9.95. The number of ether oxygens (including phenoxy) is 1. The highest BCUT2D eigenvalue weighted by atomic mass is 19.1. The van der Waals surface area contributed by atoms with Crippen LogP contribution >= 0.6 is 0 Å². The standard InChI is InChI=1S/C27H37FN6O/c1-6-33(26-14-22(19(3)28)23(13-18(26)2)20-15-29-32(5)16-20)27-24-17-31(4)10-7-25(24)34(30-27)21-8-11-35-12-9-21/h13-16,19,21H,6-12,17H2,1-5H3. The Kier molecular flexibility index (Phi) is 6.68. The Balaban J connectivity index is 1.62. The van der Waals surface area contributed by atoms with E-state index in [4.69, 9.17) is 9.84 Å². The van der Waals surface area contributed by atoms with Crippen LogP contribution < -0.4 is 4.90 Å². The van der Waals surface area contributed by atoms with E-state index in [2.05, 4.69) is 46.5 Å². The molecule has 4 heterocycles. The molecule has 3 aromatic rings. The van der Waals surface area contributed by atoms with E-state index in [-0.39, 0.29) is 0 Å². The van der Waals surface area contributed by atoms with Crippen molar-refractivity contribution in [1.29, 1.82) is 0 Å². The fourth-order valence-electron chi connectivity index (χ4n) is 5.59. The summed E-state index contributed by atoms with van der Waals surface area (Å²) in [6.45, 7) is 10.1. The molecule has 0 aliphatic carbocycles. The van der Waals surface area contributed by atoms with Crippen molar-refractivity contribution >= 4 is 11.5 Å². The first-order chi connectivity index (χ1) is 16.9. The second kappa shape index (κ2) is 9.74. The summed E-state index contributed by atoms with van der Waals surface area (Å²) in [6, 6.07) is 4.51. The monoisotopic (exact) mass is 480 g/mol. The number of likely N-dealkylation sites (N-methyl/N-ethyl adjacent to an activating group) is 1. The molecule has 0 bridgehead atoms. The van der Waals surface area contributed by atoms with E-state index in [0.717, 1.165) is 80.3 Å². The van der Waals surface area contributed by atoms with Gasteiger partial charge in [0.05, 0.1) is 12.2 Å². The summed E-state index contributed by atoms with van der Waals surface area (Å²) < 4.78 is 24.6. The first kappa shape index (κ1) is 24.0. The van der Waals surface area contributed by atoms with Crippen LogP contribution in [-0.4, -0.2) is 57.8 Å². The molecule has 7 nitrogen and oxygen atoms in total. The Hall–Kier alpha value is -2.71. The van der Waals surface area contributed by atoms with E-state index in [1.165, 1.54) is 11.3 Å². The van der Waals surface area contributed by atoms with Crippen molar-refractivity contribution in [2.75, 3.05) is 38.3 Å². The average Bonchev–Trinajstić information content (AvgIpc) is 3.44. The molecule has 1 fully saturated rings. The molecule has 0 amide bonds. The Morgan fingerprint density at radius 3 is 2.66 bits per heavy atom. The fourth-order valence-corrected chi connectivity index (χ4v) is 5.59. The van der Waals surface area contributed by atoms with E-state index >= 15 is 0 Å². The highest BCUT2D eigenvalue weighted by Gasteiger charge is 2.31. The third-order valence-electron chi connectivity index (χ3n) is 7.47. The second-order valence-electron chi connectivity index (χ2n) is 10.0. The molecule has 188 valence electrons. The van der Waals surface area contributed by atoms with Gasteiger partial charge < -0.3 is 14.5 Å². The average molecular weight is 481 g/mol. The van der Waals surface area contributed by atoms with E-state index in [1.54, 1.807) is 17.8 Å². The summed E-state index contributed by atoms with van der Waals surface area (Å²) in [6.07, 6.45) is 5.65. The zero-order chi connectivity index (χ0) is 24.7. The number of hydrogen-bond acceptors (Lipinski definition) is 5. The molecule has 35 heavy (non-hydrogen) atoms. The van der Waals surface area contributed by atoms with Gasteiger partial charge in [-0.25, -0.2) is 4.39 Å². The first-order valence-corrected chi connectivity index (χ1v) is 12.8. The van der Waals surface area contributed by atoms with Crippen LogP contribution in [0.2, 0.25) is 0 Å².